The maximum Gasteiger partial charge on any atom is 0.261 e. The lowest BCUT2D eigenvalue weighted by Gasteiger charge is -2.25. The van der Waals surface area contributed by atoms with Crippen molar-refractivity contribution >= 4 is 0 Å². The highest BCUT2D eigenvalue weighted by atomic mass is 19.3. The molecule has 0 radical (unpaired) electrons. The number of ether oxygens (including phenoxy) is 2. The Morgan fingerprint density at radius 2 is 1.79 bits per heavy atom. The molecule has 0 amide bonds. The van der Waals surface area contributed by atoms with E-state index in [2.05, 4.69) is 0 Å². The standard InChI is InChI=1S/C10H20F2O2/c1-8(2)13-6-5-10(3,4)14-7-9(11)12/h8-9H,5-7H2,1-4H3. The van der Waals surface area contributed by atoms with Crippen molar-refractivity contribution in [2.75, 3.05) is 13.2 Å². The molecular formula is C10H20F2O2. The van der Waals surface area contributed by atoms with Crippen molar-refractivity contribution < 1.29 is 18.3 Å². The van der Waals surface area contributed by atoms with Gasteiger partial charge in [0.25, 0.3) is 6.43 Å². The molecule has 0 aromatic carbocycles. The second kappa shape index (κ2) is 6.30. The SMILES string of the molecule is CC(C)OCCC(C)(C)OCC(F)F. The predicted molar refractivity (Wildman–Crippen MR) is 51.7 cm³/mol. The van der Waals surface area contributed by atoms with E-state index in [4.69, 9.17) is 9.47 Å². The molecule has 0 unspecified atom stereocenters. The second-order valence-electron chi connectivity index (χ2n) is 4.13. The molecule has 0 aromatic rings. The molecular weight excluding hydrogens is 190 g/mol. The van der Waals surface area contributed by atoms with E-state index in [9.17, 15) is 8.78 Å². The van der Waals surface area contributed by atoms with Crippen LogP contribution in [0.15, 0.2) is 0 Å². The molecule has 0 N–H and O–H groups in total. The second-order valence-corrected chi connectivity index (χ2v) is 4.13. The van der Waals surface area contributed by atoms with Crippen LogP contribution in [0.4, 0.5) is 8.78 Å². The lowest BCUT2D eigenvalue weighted by Crippen LogP contribution is -2.29. The molecule has 0 spiro atoms. The van der Waals surface area contributed by atoms with Crippen LogP contribution < -0.4 is 0 Å². The summed E-state index contributed by atoms with van der Waals surface area (Å²) in [4.78, 5) is 0. The third kappa shape index (κ3) is 8.38. The molecule has 0 aliphatic carbocycles. The van der Waals surface area contributed by atoms with E-state index >= 15 is 0 Å². The van der Waals surface area contributed by atoms with Crippen molar-refractivity contribution in [3.63, 3.8) is 0 Å². The Morgan fingerprint density at radius 1 is 1.21 bits per heavy atom. The molecule has 0 rings (SSSR count). The van der Waals surface area contributed by atoms with Crippen LogP contribution in [-0.4, -0.2) is 31.3 Å². The van der Waals surface area contributed by atoms with Gasteiger partial charge in [-0.2, -0.15) is 0 Å². The molecule has 0 bridgehead atoms. The topological polar surface area (TPSA) is 18.5 Å². The van der Waals surface area contributed by atoms with Crippen molar-refractivity contribution in [3.05, 3.63) is 0 Å². The van der Waals surface area contributed by atoms with Gasteiger partial charge < -0.3 is 9.47 Å². The summed E-state index contributed by atoms with van der Waals surface area (Å²) in [6.07, 6.45) is -1.61. The lowest BCUT2D eigenvalue weighted by atomic mass is 10.1. The summed E-state index contributed by atoms with van der Waals surface area (Å²) in [5.41, 5.74) is -0.536. The van der Waals surface area contributed by atoms with E-state index in [-0.39, 0.29) is 6.10 Å². The molecule has 0 heterocycles. The summed E-state index contributed by atoms with van der Waals surface area (Å²) < 4.78 is 34.1. The zero-order chi connectivity index (χ0) is 11.2. The van der Waals surface area contributed by atoms with Gasteiger partial charge in [0, 0.05) is 6.61 Å². The van der Waals surface area contributed by atoms with Gasteiger partial charge in [-0.05, 0) is 34.1 Å². The van der Waals surface area contributed by atoms with Gasteiger partial charge in [-0.25, -0.2) is 8.78 Å². The van der Waals surface area contributed by atoms with Crippen molar-refractivity contribution in [1.29, 1.82) is 0 Å². The fourth-order valence-electron chi connectivity index (χ4n) is 0.901. The van der Waals surface area contributed by atoms with Crippen LogP contribution in [0.25, 0.3) is 0 Å². The Kier molecular flexibility index (Phi) is 6.20. The highest BCUT2D eigenvalue weighted by Crippen LogP contribution is 2.15. The minimum Gasteiger partial charge on any atom is -0.379 e. The van der Waals surface area contributed by atoms with Crippen LogP contribution in [0.1, 0.15) is 34.1 Å². The lowest BCUT2D eigenvalue weighted by molar-refractivity contribution is -0.0857. The molecule has 2 nitrogen and oxygen atoms in total. The van der Waals surface area contributed by atoms with Crippen LogP contribution >= 0.6 is 0 Å². The predicted octanol–water partition coefficient (Wildman–Crippen LogP) is 2.86. The maximum atomic E-state index is 11.9. The summed E-state index contributed by atoms with van der Waals surface area (Å²) in [5.74, 6) is 0. The average Bonchev–Trinajstić information content (AvgIpc) is 2.00. The van der Waals surface area contributed by atoms with Crippen LogP contribution in [0.5, 0.6) is 0 Å². The summed E-state index contributed by atoms with van der Waals surface area (Å²) in [5, 5.41) is 0. The number of hydrogen-bond donors (Lipinski definition) is 0. The Morgan fingerprint density at radius 3 is 2.21 bits per heavy atom. The highest BCUT2D eigenvalue weighted by Gasteiger charge is 2.20. The molecule has 0 atom stereocenters. The van der Waals surface area contributed by atoms with E-state index in [1.165, 1.54) is 0 Å². The Hall–Kier alpha value is -0.220. The van der Waals surface area contributed by atoms with Crippen LogP contribution in [0.2, 0.25) is 0 Å². The first-order valence-electron chi connectivity index (χ1n) is 4.87. The number of hydrogen-bond acceptors (Lipinski definition) is 2. The Balaban J connectivity index is 3.61. The fourth-order valence-corrected chi connectivity index (χ4v) is 0.901. The van der Waals surface area contributed by atoms with Gasteiger partial charge in [0.15, 0.2) is 0 Å². The van der Waals surface area contributed by atoms with E-state index < -0.39 is 18.6 Å². The van der Waals surface area contributed by atoms with Gasteiger partial charge in [-0.15, -0.1) is 0 Å². The Labute approximate surface area is 84.6 Å². The smallest absolute Gasteiger partial charge is 0.261 e. The molecule has 0 fully saturated rings. The molecule has 0 saturated heterocycles. The van der Waals surface area contributed by atoms with E-state index in [0.717, 1.165) is 0 Å². The number of alkyl halides is 2. The van der Waals surface area contributed by atoms with Gasteiger partial charge >= 0.3 is 0 Å². The summed E-state index contributed by atoms with van der Waals surface area (Å²) in [6.45, 7) is 7.49. The zero-order valence-electron chi connectivity index (χ0n) is 9.35. The largest absolute Gasteiger partial charge is 0.379 e. The third-order valence-corrected chi connectivity index (χ3v) is 1.76. The molecule has 0 aliphatic rings. The first kappa shape index (κ1) is 13.8. The van der Waals surface area contributed by atoms with Crippen LogP contribution in [0, 0.1) is 0 Å². The number of rotatable bonds is 7. The molecule has 86 valence electrons. The molecule has 0 aromatic heterocycles. The van der Waals surface area contributed by atoms with Crippen molar-refractivity contribution in [3.8, 4) is 0 Å². The quantitative estimate of drug-likeness (QED) is 0.643. The van der Waals surface area contributed by atoms with E-state index in [1.54, 1.807) is 13.8 Å². The van der Waals surface area contributed by atoms with E-state index in [0.29, 0.717) is 13.0 Å². The van der Waals surface area contributed by atoms with Crippen LogP contribution in [-0.2, 0) is 9.47 Å². The highest BCUT2D eigenvalue weighted by molar-refractivity contribution is 4.68. The van der Waals surface area contributed by atoms with Crippen LogP contribution in [0.3, 0.4) is 0 Å². The minimum absolute atomic E-state index is 0.167. The van der Waals surface area contributed by atoms with Crippen molar-refractivity contribution in [2.24, 2.45) is 0 Å². The minimum atomic E-state index is -2.40. The number of halogens is 2. The first-order valence-corrected chi connectivity index (χ1v) is 4.87. The normalized spacial score (nSPS) is 12.9. The fraction of sp³-hybridized carbons (Fsp3) is 1.00. The van der Waals surface area contributed by atoms with Gasteiger partial charge in [0.1, 0.15) is 6.61 Å². The molecule has 0 saturated carbocycles. The van der Waals surface area contributed by atoms with Crippen molar-refractivity contribution in [2.45, 2.75) is 52.2 Å². The Bertz CT molecular complexity index is 147. The van der Waals surface area contributed by atoms with Gasteiger partial charge in [-0.3, -0.25) is 0 Å². The zero-order valence-corrected chi connectivity index (χ0v) is 9.35. The van der Waals surface area contributed by atoms with Gasteiger partial charge in [0.2, 0.25) is 0 Å². The van der Waals surface area contributed by atoms with E-state index in [1.807, 2.05) is 13.8 Å². The van der Waals surface area contributed by atoms with Gasteiger partial charge in [-0.1, -0.05) is 0 Å². The van der Waals surface area contributed by atoms with Gasteiger partial charge in [0.05, 0.1) is 11.7 Å². The third-order valence-electron chi connectivity index (χ3n) is 1.76. The summed E-state index contributed by atoms with van der Waals surface area (Å²) in [6, 6.07) is 0. The molecule has 0 aliphatic heterocycles. The monoisotopic (exact) mass is 210 g/mol. The first-order chi connectivity index (χ1) is 6.33. The molecule has 4 heteroatoms. The average molecular weight is 210 g/mol. The molecule has 14 heavy (non-hydrogen) atoms. The van der Waals surface area contributed by atoms with Crippen molar-refractivity contribution in [1.82, 2.24) is 0 Å². The maximum absolute atomic E-state index is 11.9. The summed E-state index contributed by atoms with van der Waals surface area (Å²) in [7, 11) is 0. The summed E-state index contributed by atoms with van der Waals surface area (Å²) >= 11 is 0.